The third kappa shape index (κ3) is 9.95. The lowest BCUT2D eigenvalue weighted by molar-refractivity contribution is -0.321. The standard InChI is InChI=1S/C15F16.C15H27F6N/c16-5-2(6(17)10(21)12(23)9(5)20)1-3(13(24,25)15(29,30)31)7(18)11(22)8(19)4(1)14(26,27)28;1-4-6-7-8-10-13(16,17)14(18,19)15(20,21)22-11-12(3)9-5-2/h;12,22H,4-11H2,1-3H3. The van der Waals surface area contributed by atoms with Crippen LogP contribution in [-0.2, 0) is 12.1 Å². The molecule has 2 aromatic rings. The van der Waals surface area contributed by atoms with Crippen LogP contribution < -0.4 is 5.32 Å². The predicted molar refractivity (Wildman–Crippen MR) is 142 cm³/mol. The van der Waals surface area contributed by atoms with Crippen LogP contribution in [0.1, 0.15) is 76.8 Å². The summed E-state index contributed by atoms with van der Waals surface area (Å²) in [6, 6.07) is -4.93. The lowest BCUT2D eigenvalue weighted by atomic mass is 9.88. The van der Waals surface area contributed by atoms with Crippen LogP contribution in [0.2, 0.25) is 0 Å². The molecule has 2 aromatic carbocycles. The van der Waals surface area contributed by atoms with Crippen LogP contribution in [-0.4, -0.2) is 30.6 Å². The second-order valence-electron chi connectivity index (χ2n) is 11.5. The van der Waals surface area contributed by atoms with Gasteiger partial charge in [-0.05, 0) is 18.8 Å². The third-order valence-electron chi connectivity index (χ3n) is 7.39. The zero-order chi connectivity index (χ0) is 41.9. The SMILES string of the molecule is CCCCCCC(F)(F)C(F)(F)C(F)(F)NCC(C)CCC.Fc1c(F)c(F)c(-c2c(C(F)(F)F)c(F)c(F)c(F)c2C(F)(F)C(F)(F)F)c(F)c1F. The Bertz CT molecular complexity index is 1530. The Labute approximate surface area is 285 Å². The van der Waals surface area contributed by atoms with Gasteiger partial charge < -0.3 is 0 Å². The Balaban J connectivity index is 0.000000565. The first-order valence-electron chi connectivity index (χ1n) is 14.9. The highest BCUT2D eigenvalue weighted by molar-refractivity contribution is 5.75. The van der Waals surface area contributed by atoms with Gasteiger partial charge in [-0.15, -0.1) is 0 Å². The molecule has 0 amide bonds. The topological polar surface area (TPSA) is 12.0 Å². The Morgan fingerprint density at radius 3 is 1.36 bits per heavy atom. The van der Waals surface area contributed by atoms with Gasteiger partial charge in [-0.1, -0.05) is 46.5 Å². The number of unbranched alkanes of at least 4 members (excludes halogenated alkanes) is 3. The molecule has 0 aliphatic carbocycles. The van der Waals surface area contributed by atoms with Gasteiger partial charge in [0.05, 0.1) is 11.1 Å². The first-order valence-corrected chi connectivity index (χ1v) is 14.9. The van der Waals surface area contributed by atoms with Crippen molar-refractivity contribution in [3.63, 3.8) is 0 Å². The van der Waals surface area contributed by atoms with Gasteiger partial charge in [-0.3, -0.25) is 5.32 Å². The number of halogens is 22. The number of nitrogens with one attached hydrogen (secondary N) is 1. The molecule has 0 aliphatic heterocycles. The van der Waals surface area contributed by atoms with Crippen LogP contribution in [0.5, 0.6) is 0 Å². The van der Waals surface area contributed by atoms with Crippen molar-refractivity contribution in [1.29, 1.82) is 0 Å². The largest absolute Gasteiger partial charge is 0.458 e. The van der Waals surface area contributed by atoms with E-state index in [9.17, 15) is 96.6 Å². The Kier molecular flexibility index (Phi) is 15.5. The van der Waals surface area contributed by atoms with E-state index in [4.69, 9.17) is 0 Å². The van der Waals surface area contributed by atoms with E-state index in [1.807, 2.05) is 13.8 Å². The summed E-state index contributed by atoms with van der Waals surface area (Å²) in [7, 11) is 0. The Morgan fingerprint density at radius 1 is 0.509 bits per heavy atom. The monoisotopic (exact) mass is 819 g/mol. The van der Waals surface area contributed by atoms with E-state index >= 15 is 0 Å². The molecule has 1 atom stereocenters. The molecule has 53 heavy (non-hydrogen) atoms. The van der Waals surface area contributed by atoms with E-state index in [-0.39, 0.29) is 12.3 Å². The van der Waals surface area contributed by atoms with Crippen molar-refractivity contribution >= 4 is 0 Å². The first kappa shape index (κ1) is 47.9. The molecule has 0 fully saturated rings. The molecule has 0 radical (unpaired) electrons. The molecule has 0 aliphatic rings. The molecule has 0 bridgehead atoms. The van der Waals surface area contributed by atoms with Crippen LogP contribution in [0.15, 0.2) is 0 Å². The molecule has 0 heterocycles. The molecule has 0 saturated carbocycles. The highest BCUT2D eigenvalue weighted by atomic mass is 19.4. The van der Waals surface area contributed by atoms with Crippen LogP contribution in [0.3, 0.4) is 0 Å². The summed E-state index contributed by atoms with van der Waals surface area (Å²) in [5, 5.41) is 1.33. The van der Waals surface area contributed by atoms with Crippen LogP contribution in [0.4, 0.5) is 96.6 Å². The molecule has 0 spiro atoms. The highest BCUT2D eigenvalue weighted by Gasteiger charge is 2.71. The molecular formula is C30H27F22N. The molecule has 1 unspecified atom stereocenters. The van der Waals surface area contributed by atoms with Crippen LogP contribution >= 0.6 is 0 Å². The normalized spacial score (nSPS) is 14.0. The fraction of sp³-hybridized carbons (Fsp3) is 0.600. The van der Waals surface area contributed by atoms with E-state index in [2.05, 4.69) is 0 Å². The maximum atomic E-state index is 13.9. The molecular weight excluding hydrogens is 792 g/mol. The van der Waals surface area contributed by atoms with Gasteiger partial charge >= 0.3 is 36.2 Å². The molecule has 1 N–H and O–H groups in total. The van der Waals surface area contributed by atoms with E-state index in [0.29, 0.717) is 25.7 Å². The second-order valence-corrected chi connectivity index (χ2v) is 11.5. The summed E-state index contributed by atoms with van der Waals surface area (Å²) < 4.78 is 295. The van der Waals surface area contributed by atoms with Crippen LogP contribution in [0.25, 0.3) is 11.1 Å². The fourth-order valence-electron chi connectivity index (χ4n) is 4.61. The minimum absolute atomic E-state index is 0.196. The smallest absolute Gasteiger partial charge is 0.252 e. The minimum atomic E-state index is -7.10. The summed E-state index contributed by atoms with van der Waals surface area (Å²) in [5.41, 5.74) is -14.2. The maximum absolute atomic E-state index is 13.9. The van der Waals surface area contributed by atoms with Crippen molar-refractivity contribution in [2.24, 2.45) is 5.92 Å². The zero-order valence-corrected chi connectivity index (χ0v) is 27.0. The summed E-state index contributed by atoms with van der Waals surface area (Å²) in [6.45, 7) is 4.84. The van der Waals surface area contributed by atoms with Crippen molar-refractivity contribution in [2.75, 3.05) is 6.54 Å². The number of benzene rings is 2. The number of alkyl halides is 14. The van der Waals surface area contributed by atoms with Crippen molar-refractivity contribution in [2.45, 2.75) is 102 Å². The molecule has 1 nitrogen and oxygen atoms in total. The van der Waals surface area contributed by atoms with Gasteiger partial charge in [0.25, 0.3) is 0 Å². The van der Waals surface area contributed by atoms with Gasteiger partial charge in [0.1, 0.15) is 5.56 Å². The molecule has 2 rings (SSSR count). The van der Waals surface area contributed by atoms with Gasteiger partial charge in [-0.25, -0.2) is 35.1 Å². The van der Waals surface area contributed by atoms with E-state index in [0.717, 1.165) is 6.42 Å². The fourth-order valence-corrected chi connectivity index (χ4v) is 4.61. The lowest BCUT2D eigenvalue weighted by Gasteiger charge is -2.33. The van der Waals surface area contributed by atoms with Crippen molar-refractivity contribution < 1.29 is 96.6 Å². The number of hydrogen-bond acceptors (Lipinski definition) is 1. The van der Waals surface area contributed by atoms with Gasteiger partial charge in [-0.2, -0.15) is 61.5 Å². The van der Waals surface area contributed by atoms with Crippen LogP contribution in [0, 0.1) is 52.5 Å². The molecule has 0 aromatic heterocycles. The first-order chi connectivity index (χ1) is 23.8. The summed E-state index contributed by atoms with van der Waals surface area (Å²) in [5.74, 6) is -44.6. The van der Waals surface area contributed by atoms with Gasteiger partial charge in [0.2, 0.25) is 5.82 Å². The zero-order valence-electron chi connectivity index (χ0n) is 27.0. The van der Waals surface area contributed by atoms with Gasteiger partial charge in [0, 0.05) is 18.5 Å². The molecule has 0 saturated heterocycles. The van der Waals surface area contributed by atoms with Crippen molar-refractivity contribution in [3.8, 4) is 11.1 Å². The summed E-state index contributed by atoms with van der Waals surface area (Å²) in [6.07, 6.45) is -12.2. The molecule has 23 heteroatoms. The number of hydrogen-bond donors (Lipinski definition) is 1. The Hall–Kier alpha value is -3.14. The summed E-state index contributed by atoms with van der Waals surface area (Å²) in [4.78, 5) is 0. The minimum Gasteiger partial charge on any atom is -0.252 e. The lowest BCUT2D eigenvalue weighted by Crippen LogP contribution is -2.61. The quantitative estimate of drug-likeness (QED) is 0.0658. The molecule has 306 valence electrons. The van der Waals surface area contributed by atoms with E-state index < -0.39 is 118 Å². The van der Waals surface area contributed by atoms with E-state index in [1.54, 1.807) is 6.92 Å². The Morgan fingerprint density at radius 2 is 0.943 bits per heavy atom. The summed E-state index contributed by atoms with van der Waals surface area (Å²) >= 11 is 0. The average molecular weight is 820 g/mol. The highest BCUT2D eigenvalue weighted by Crippen LogP contribution is 2.54. The van der Waals surface area contributed by atoms with Gasteiger partial charge in [0.15, 0.2) is 40.7 Å². The average Bonchev–Trinajstić information content (AvgIpc) is 3.02. The second kappa shape index (κ2) is 17.1. The predicted octanol–water partition coefficient (Wildman–Crippen LogP) is 13.0. The third-order valence-corrected chi connectivity index (χ3v) is 7.39. The number of rotatable bonds is 14. The van der Waals surface area contributed by atoms with E-state index in [1.165, 1.54) is 5.32 Å². The maximum Gasteiger partial charge on any atom is 0.458 e. The van der Waals surface area contributed by atoms with Crippen molar-refractivity contribution in [1.82, 2.24) is 5.32 Å². The van der Waals surface area contributed by atoms with Crippen molar-refractivity contribution in [3.05, 3.63) is 57.7 Å².